The number of fused-ring (bicyclic) bond motifs is 1. The molecule has 0 fully saturated rings. The summed E-state index contributed by atoms with van der Waals surface area (Å²) in [6.07, 6.45) is -5.00. The molecule has 142 valence electrons. The van der Waals surface area contributed by atoms with Crippen LogP contribution in [0.25, 0.3) is 22.2 Å². The molecular weight excluding hydrogens is 423 g/mol. The molecule has 0 saturated heterocycles. The van der Waals surface area contributed by atoms with Crippen LogP contribution in [0.1, 0.15) is 26.3 Å². The minimum Gasteiger partial charge on any atom is -0.443 e. The Hall–Kier alpha value is -2.28. The molecular formula is C20H17BrF3NO2. The number of aromatic nitrogens is 1. The third-order valence-electron chi connectivity index (χ3n) is 3.85. The second kappa shape index (κ2) is 6.71. The van der Waals surface area contributed by atoms with Crippen molar-refractivity contribution in [3.63, 3.8) is 0 Å². The maximum absolute atomic E-state index is 12.8. The van der Waals surface area contributed by atoms with Crippen molar-refractivity contribution >= 4 is 32.9 Å². The van der Waals surface area contributed by atoms with Gasteiger partial charge in [-0.1, -0.05) is 28.1 Å². The van der Waals surface area contributed by atoms with E-state index in [9.17, 15) is 18.0 Å². The lowest BCUT2D eigenvalue weighted by Crippen LogP contribution is -2.27. The van der Waals surface area contributed by atoms with E-state index in [-0.39, 0.29) is 0 Å². The average Bonchev–Trinajstić information content (AvgIpc) is 2.91. The largest absolute Gasteiger partial charge is 0.443 e. The van der Waals surface area contributed by atoms with Crippen LogP contribution in [0.5, 0.6) is 0 Å². The molecule has 0 radical (unpaired) electrons. The Morgan fingerprint density at radius 2 is 1.63 bits per heavy atom. The first-order valence-electron chi connectivity index (χ1n) is 8.18. The van der Waals surface area contributed by atoms with E-state index in [2.05, 4.69) is 15.9 Å². The van der Waals surface area contributed by atoms with Gasteiger partial charge >= 0.3 is 12.3 Å². The Morgan fingerprint density at radius 3 is 2.19 bits per heavy atom. The summed E-state index contributed by atoms with van der Waals surface area (Å²) in [5.41, 5.74) is 0.115. The average molecular weight is 440 g/mol. The van der Waals surface area contributed by atoms with Crippen LogP contribution in [0, 0.1) is 0 Å². The van der Waals surface area contributed by atoms with Crippen LogP contribution in [0.3, 0.4) is 0 Å². The molecule has 27 heavy (non-hydrogen) atoms. The normalized spacial score (nSPS) is 12.4. The minimum atomic E-state index is -4.42. The molecule has 1 heterocycles. The molecule has 7 heteroatoms. The van der Waals surface area contributed by atoms with Crippen LogP contribution in [0.15, 0.2) is 53.0 Å². The summed E-state index contributed by atoms with van der Waals surface area (Å²) in [6.45, 7) is 5.26. The van der Waals surface area contributed by atoms with Gasteiger partial charge in [-0.25, -0.2) is 9.36 Å². The van der Waals surface area contributed by atoms with Gasteiger partial charge in [-0.3, -0.25) is 0 Å². The van der Waals surface area contributed by atoms with Crippen molar-refractivity contribution in [1.82, 2.24) is 4.57 Å². The molecule has 0 aliphatic heterocycles. The number of ether oxygens (including phenoxy) is 1. The van der Waals surface area contributed by atoms with E-state index in [1.54, 1.807) is 39.0 Å². The fourth-order valence-electron chi connectivity index (χ4n) is 2.73. The van der Waals surface area contributed by atoms with Crippen molar-refractivity contribution in [3.8, 4) is 11.3 Å². The predicted molar refractivity (Wildman–Crippen MR) is 102 cm³/mol. The highest BCUT2D eigenvalue weighted by Gasteiger charge is 2.30. The molecule has 0 spiro atoms. The van der Waals surface area contributed by atoms with E-state index < -0.39 is 23.4 Å². The summed E-state index contributed by atoms with van der Waals surface area (Å²) < 4.78 is 46.2. The number of carbonyl (C=O) groups excluding carboxylic acids is 1. The molecule has 3 aromatic rings. The van der Waals surface area contributed by atoms with Gasteiger partial charge in [0.2, 0.25) is 0 Å². The van der Waals surface area contributed by atoms with Crippen molar-refractivity contribution in [1.29, 1.82) is 0 Å². The quantitative estimate of drug-likeness (QED) is 0.414. The number of hydrogen-bond acceptors (Lipinski definition) is 2. The van der Waals surface area contributed by atoms with Crippen molar-refractivity contribution < 1.29 is 22.7 Å². The lowest BCUT2D eigenvalue weighted by atomic mass is 10.1. The van der Waals surface area contributed by atoms with Gasteiger partial charge in [0, 0.05) is 9.86 Å². The maximum atomic E-state index is 12.8. The molecule has 3 rings (SSSR count). The third-order valence-corrected chi connectivity index (χ3v) is 4.34. The molecule has 3 nitrogen and oxygen atoms in total. The van der Waals surface area contributed by atoms with E-state index in [0.717, 1.165) is 22.0 Å². The van der Waals surface area contributed by atoms with Crippen LogP contribution in [-0.4, -0.2) is 16.3 Å². The van der Waals surface area contributed by atoms with Crippen molar-refractivity contribution in [2.75, 3.05) is 0 Å². The first-order valence-corrected chi connectivity index (χ1v) is 8.97. The number of hydrogen-bond donors (Lipinski definition) is 0. The SMILES string of the molecule is CC(C)(C)OC(=O)n1c(-c2ccc(C(F)(F)F)cc2)cc2cc(Br)ccc21. The van der Waals surface area contributed by atoms with E-state index in [1.807, 2.05) is 6.07 Å². The number of halogens is 4. The molecule has 2 aromatic carbocycles. The standard InChI is InChI=1S/C20H17BrF3NO2/c1-19(2,3)27-18(26)25-16-9-8-15(21)10-13(16)11-17(25)12-4-6-14(7-5-12)20(22,23)24/h4-11H,1-3H3. The maximum Gasteiger partial charge on any atom is 0.419 e. The van der Waals surface area contributed by atoms with Gasteiger partial charge in [-0.2, -0.15) is 13.2 Å². The first-order chi connectivity index (χ1) is 12.5. The fraction of sp³-hybridized carbons (Fsp3) is 0.250. The van der Waals surface area contributed by atoms with Gasteiger partial charge in [-0.05, 0) is 62.7 Å². The molecule has 0 N–H and O–H groups in total. The minimum absolute atomic E-state index is 0.464. The van der Waals surface area contributed by atoms with E-state index in [4.69, 9.17) is 4.74 Å². The molecule has 0 saturated carbocycles. The lowest BCUT2D eigenvalue weighted by Gasteiger charge is -2.21. The van der Waals surface area contributed by atoms with E-state index in [1.165, 1.54) is 16.7 Å². The Balaban J connectivity index is 2.17. The second-order valence-corrected chi connectivity index (χ2v) is 8.04. The lowest BCUT2D eigenvalue weighted by molar-refractivity contribution is -0.137. The third kappa shape index (κ3) is 4.18. The van der Waals surface area contributed by atoms with Crippen LogP contribution in [0.4, 0.5) is 18.0 Å². The van der Waals surface area contributed by atoms with E-state index in [0.29, 0.717) is 16.8 Å². The number of alkyl halides is 3. The van der Waals surface area contributed by atoms with Gasteiger partial charge in [0.1, 0.15) is 5.60 Å². The van der Waals surface area contributed by atoms with Crippen LogP contribution in [0.2, 0.25) is 0 Å². The molecule has 0 atom stereocenters. The number of benzene rings is 2. The summed E-state index contributed by atoms with van der Waals surface area (Å²) in [4.78, 5) is 12.8. The van der Waals surface area contributed by atoms with Gasteiger partial charge < -0.3 is 4.74 Å². The highest BCUT2D eigenvalue weighted by atomic mass is 79.9. The molecule has 0 amide bonds. The van der Waals surface area contributed by atoms with Crippen molar-refractivity contribution in [2.24, 2.45) is 0 Å². The summed E-state index contributed by atoms with van der Waals surface area (Å²) >= 11 is 3.39. The van der Waals surface area contributed by atoms with Gasteiger partial charge in [0.15, 0.2) is 0 Å². The van der Waals surface area contributed by atoms with Gasteiger partial charge in [0.05, 0.1) is 16.8 Å². The van der Waals surface area contributed by atoms with Crippen molar-refractivity contribution in [3.05, 3.63) is 58.6 Å². The van der Waals surface area contributed by atoms with Crippen LogP contribution >= 0.6 is 15.9 Å². The summed E-state index contributed by atoms with van der Waals surface area (Å²) in [7, 11) is 0. The summed E-state index contributed by atoms with van der Waals surface area (Å²) in [5, 5.41) is 0.769. The Morgan fingerprint density at radius 1 is 1.00 bits per heavy atom. The number of nitrogens with zero attached hydrogens (tertiary/aromatic N) is 1. The Labute approximate surface area is 162 Å². The highest BCUT2D eigenvalue weighted by molar-refractivity contribution is 9.10. The van der Waals surface area contributed by atoms with Crippen LogP contribution < -0.4 is 0 Å². The smallest absolute Gasteiger partial charge is 0.419 e. The van der Waals surface area contributed by atoms with Gasteiger partial charge in [0.25, 0.3) is 0 Å². The molecule has 0 aliphatic rings. The Bertz CT molecular complexity index is 999. The first kappa shape index (κ1) is 19.5. The molecule has 0 bridgehead atoms. The number of rotatable bonds is 1. The molecule has 0 unspecified atom stereocenters. The summed E-state index contributed by atoms with van der Waals surface area (Å²) in [6, 6.07) is 11.9. The topological polar surface area (TPSA) is 31.2 Å². The van der Waals surface area contributed by atoms with E-state index >= 15 is 0 Å². The van der Waals surface area contributed by atoms with Crippen LogP contribution in [-0.2, 0) is 10.9 Å². The fourth-order valence-corrected chi connectivity index (χ4v) is 3.11. The summed E-state index contributed by atoms with van der Waals surface area (Å²) in [5.74, 6) is 0. The van der Waals surface area contributed by atoms with Crippen molar-refractivity contribution in [2.45, 2.75) is 32.5 Å². The zero-order chi connectivity index (χ0) is 20.0. The second-order valence-electron chi connectivity index (χ2n) is 7.12. The molecule has 0 aliphatic carbocycles. The predicted octanol–water partition coefficient (Wildman–Crippen LogP) is 6.87. The monoisotopic (exact) mass is 439 g/mol. The number of carbonyl (C=O) groups is 1. The Kier molecular flexibility index (Phi) is 4.84. The zero-order valence-electron chi connectivity index (χ0n) is 14.9. The van der Waals surface area contributed by atoms with Gasteiger partial charge in [-0.15, -0.1) is 0 Å². The molecule has 1 aromatic heterocycles. The highest BCUT2D eigenvalue weighted by Crippen LogP contribution is 2.34. The zero-order valence-corrected chi connectivity index (χ0v) is 16.5.